The van der Waals surface area contributed by atoms with E-state index in [2.05, 4.69) is 6.07 Å². The molecule has 1 aliphatic heterocycles. The van der Waals surface area contributed by atoms with Crippen molar-refractivity contribution in [3.63, 3.8) is 0 Å². The lowest BCUT2D eigenvalue weighted by molar-refractivity contribution is -0.123. The van der Waals surface area contributed by atoms with Gasteiger partial charge in [0.15, 0.2) is 0 Å². The number of benzene rings is 2. The van der Waals surface area contributed by atoms with E-state index in [1.165, 1.54) is 4.90 Å². The Morgan fingerprint density at radius 2 is 1.75 bits per heavy atom. The van der Waals surface area contributed by atoms with Crippen molar-refractivity contribution in [1.82, 2.24) is 4.90 Å². The molecular formula is C22H14N2O3S. The largest absolute Gasteiger partial charge is 0.457 e. The fourth-order valence-corrected chi connectivity index (χ4v) is 3.64. The number of rotatable bonds is 4. The molecule has 2 amide bonds. The standard InChI is InChI=1S/C22H14N2O3S/c23-13-15-6-8-17(9-7-15)19-11-10-18(27-19)12-20-21(25)24(22(26)28-20)14-16-4-2-1-3-5-16/h1-12H,14H2/b20-12-. The van der Waals surface area contributed by atoms with Crippen LogP contribution in [0.4, 0.5) is 4.79 Å². The zero-order valence-electron chi connectivity index (χ0n) is 14.7. The van der Waals surface area contributed by atoms with Crippen LogP contribution in [0.3, 0.4) is 0 Å². The van der Waals surface area contributed by atoms with Crippen molar-refractivity contribution in [3.8, 4) is 17.4 Å². The molecule has 0 N–H and O–H groups in total. The summed E-state index contributed by atoms with van der Waals surface area (Å²) in [6, 6.07) is 22.0. The van der Waals surface area contributed by atoms with Gasteiger partial charge in [0.05, 0.1) is 23.1 Å². The molecule has 3 aromatic rings. The minimum absolute atomic E-state index is 0.248. The van der Waals surface area contributed by atoms with E-state index < -0.39 is 0 Å². The Hall–Kier alpha value is -3.56. The van der Waals surface area contributed by atoms with E-state index in [-0.39, 0.29) is 17.7 Å². The molecule has 1 saturated heterocycles. The number of nitrogens with zero attached hydrogens (tertiary/aromatic N) is 2. The van der Waals surface area contributed by atoms with Gasteiger partial charge < -0.3 is 4.42 Å². The maximum atomic E-state index is 12.6. The van der Waals surface area contributed by atoms with Crippen LogP contribution in [0.1, 0.15) is 16.9 Å². The Kier molecular flexibility index (Phi) is 4.83. The lowest BCUT2D eigenvalue weighted by Crippen LogP contribution is -2.27. The topological polar surface area (TPSA) is 74.3 Å². The molecule has 1 aromatic heterocycles. The van der Waals surface area contributed by atoms with Gasteiger partial charge >= 0.3 is 0 Å². The van der Waals surface area contributed by atoms with Crippen LogP contribution in [0.5, 0.6) is 0 Å². The summed E-state index contributed by atoms with van der Waals surface area (Å²) < 4.78 is 5.79. The van der Waals surface area contributed by atoms with Crippen LogP contribution in [0.2, 0.25) is 0 Å². The number of thioether (sulfide) groups is 1. The first-order valence-electron chi connectivity index (χ1n) is 8.54. The van der Waals surface area contributed by atoms with Crippen molar-refractivity contribution >= 4 is 29.0 Å². The molecule has 28 heavy (non-hydrogen) atoms. The molecule has 4 rings (SSSR count). The van der Waals surface area contributed by atoms with Gasteiger partial charge in [-0.3, -0.25) is 14.5 Å². The summed E-state index contributed by atoms with van der Waals surface area (Å²) in [4.78, 5) is 26.4. The fourth-order valence-electron chi connectivity index (χ4n) is 2.83. The molecule has 0 spiro atoms. The predicted octanol–water partition coefficient (Wildman–Crippen LogP) is 5.05. The molecular weight excluding hydrogens is 372 g/mol. The normalized spacial score (nSPS) is 15.2. The van der Waals surface area contributed by atoms with Crippen molar-refractivity contribution in [3.05, 3.63) is 88.5 Å². The van der Waals surface area contributed by atoms with E-state index in [1.807, 2.05) is 30.3 Å². The molecule has 0 bridgehead atoms. The first-order chi connectivity index (χ1) is 13.6. The second-order valence-electron chi connectivity index (χ2n) is 6.14. The number of carbonyl (C=O) groups excluding carboxylic acids is 2. The van der Waals surface area contributed by atoms with Crippen LogP contribution in [0.15, 0.2) is 76.1 Å². The van der Waals surface area contributed by atoms with E-state index in [4.69, 9.17) is 9.68 Å². The summed E-state index contributed by atoms with van der Waals surface area (Å²) in [5.41, 5.74) is 2.30. The fraction of sp³-hybridized carbons (Fsp3) is 0.0455. The molecule has 1 aliphatic rings. The Balaban J connectivity index is 1.53. The van der Waals surface area contributed by atoms with Crippen molar-refractivity contribution in [2.75, 3.05) is 0 Å². The van der Waals surface area contributed by atoms with Gasteiger partial charge in [0.1, 0.15) is 11.5 Å². The molecule has 0 aliphatic carbocycles. The Morgan fingerprint density at radius 1 is 1.00 bits per heavy atom. The summed E-state index contributed by atoms with van der Waals surface area (Å²) in [5, 5.41) is 8.58. The summed E-state index contributed by atoms with van der Waals surface area (Å²) in [5.74, 6) is 0.791. The highest BCUT2D eigenvalue weighted by Gasteiger charge is 2.35. The molecule has 0 radical (unpaired) electrons. The number of carbonyl (C=O) groups is 2. The van der Waals surface area contributed by atoms with Crippen molar-refractivity contribution < 1.29 is 14.0 Å². The van der Waals surface area contributed by atoms with Crippen LogP contribution in [0, 0.1) is 11.3 Å². The number of nitriles is 1. The molecule has 5 nitrogen and oxygen atoms in total. The van der Waals surface area contributed by atoms with Gasteiger partial charge in [-0.15, -0.1) is 0 Å². The van der Waals surface area contributed by atoms with E-state index in [9.17, 15) is 9.59 Å². The number of hydrogen-bond acceptors (Lipinski definition) is 5. The average molecular weight is 386 g/mol. The van der Waals surface area contributed by atoms with Crippen molar-refractivity contribution in [2.24, 2.45) is 0 Å². The first kappa shape index (κ1) is 17.8. The smallest absolute Gasteiger partial charge is 0.293 e. The van der Waals surface area contributed by atoms with Crippen LogP contribution in [-0.2, 0) is 11.3 Å². The van der Waals surface area contributed by atoms with Crippen LogP contribution < -0.4 is 0 Å². The lowest BCUT2D eigenvalue weighted by Gasteiger charge is -2.11. The van der Waals surface area contributed by atoms with E-state index in [1.54, 1.807) is 42.5 Å². The van der Waals surface area contributed by atoms with E-state index in [0.29, 0.717) is 22.0 Å². The quantitative estimate of drug-likeness (QED) is 0.586. The molecule has 2 heterocycles. The van der Waals surface area contributed by atoms with Gasteiger partial charge in [-0.05, 0) is 53.7 Å². The SMILES string of the molecule is N#Cc1ccc(-c2ccc(/C=C3\SC(=O)N(Cc4ccccc4)C3=O)o2)cc1. The molecule has 136 valence electrons. The summed E-state index contributed by atoms with van der Waals surface area (Å²) in [6.07, 6.45) is 1.59. The molecule has 0 unspecified atom stereocenters. The number of hydrogen-bond donors (Lipinski definition) is 0. The Morgan fingerprint density at radius 3 is 2.46 bits per heavy atom. The van der Waals surface area contributed by atoms with Gasteiger partial charge in [0, 0.05) is 11.6 Å². The predicted molar refractivity (Wildman–Crippen MR) is 107 cm³/mol. The Labute approximate surface area is 165 Å². The third-order valence-electron chi connectivity index (χ3n) is 4.26. The first-order valence-corrected chi connectivity index (χ1v) is 9.35. The average Bonchev–Trinajstić information content (AvgIpc) is 3.29. The number of furan rings is 1. The van der Waals surface area contributed by atoms with Crippen molar-refractivity contribution in [2.45, 2.75) is 6.54 Å². The van der Waals surface area contributed by atoms with Crippen LogP contribution >= 0.6 is 11.8 Å². The number of amides is 2. The monoisotopic (exact) mass is 386 g/mol. The molecule has 6 heteroatoms. The minimum atomic E-state index is -0.324. The zero-order chi connectivity index (χ0) is 19.5. The van der Waals surface area contributed by atoms with Crippen molar-refractivity contribution in [1.29, 1.82) is 5.26 Å². The van der Waals surface area contributed by atoms with Gasteiger partial charge in [-0.1, -0.05) is 30.3 Å². The molecule has 0 atom stereocenters. The highest BCUT2D eigenvalue weighted by Crippen LogP contribution is 2.34. The van der Waals surface area contributed by atoms with Gasteiger partial charge in [-0.2, -0.15) is 5.26 Å². The zero-order valence-corrected chi connectivity index (χ0v) is 15.5. The summed E-state index contributed by atoms with van der Waals surface area (Å²) >= 11 is 0.908. The maximum absolute atomic E-state index is 12.6. The third-order valence-corrected chi connectivity index (χ3v) is 5.16. The van der Waals surface area contributed by atoms with Gasteiger partial charge in [0.25, 0.3) is 11.1 Å². The molecule has 1 fully saturated rings. The Bertz CT molecular complexity index is 1110. The second-order valence-corrected chi connectivity index (χ2v) is 7.14. The van der Waals surface area contributed by atoms with Gasteiger partial charge in [-0.25, -0.2) is 0 Å². The molecule has 2 aromatic carbocycles. The minimum Gasteiger partial charge on any atom is -0.457 e. The van der Waals surface area contributed by atoms with E-state index >= 15 is 0 Å². The molecule has 0 saturated carbocycles. The third kappa shape index (κ3) is 3.61. The van der Waals surface area contributed by atoms with Crippen LogP contribution in [0.25, 0.3) is 17.4 Å². The van der Waals surface area contributed by atoms with Crippen LogP contribution in [-0.4, -0.2) is 16.0 Å². The summed E-state index contributed by atoms with van der Waals surface area (Å²) in [7, 11) is 0. The maximum Gasteiger partial charge on any atom is 0.293 e. The highest BCUT2D eigenvalue weighted by molar-refractivity contribution is 8.18. The number of imide groups is 1. The second kappa shape index (κ2) is 7.59. The van der Waals surface area contributed by atoms with E-state index in [0.717, 1.165) is 22.9 Å². The summed E-state index contributed by atoms with van der Waals surface area (Å²) in [6.45, 7) is 0.248. The highest BCUT2D eigenvalue weighted by atomic mass is 32.2. The van der Waals surface area contributed by atoms with Gasteiger partial charge in [0.2, 0.25) is 0 Å². The lowest BCUT2D eigenvalue weighted by atomic mass is 10.1.